The van der Waals surface area contributed by atoms with E-state index in [1.54, 1.807) is 0 Å². The quantitative estimate of drug-likeness (QED) is 0.104. The molecule has 0 spiro atoms. The van der Waals surface area contributed by atoms with E-state index in [1.165, 1.54) is 95.6 Å². The molecule has 1 aromatic carbocycles. The van der Waals surface area contributed by atoms with E-state index in [4.69, 9.17) is 4.74 Å². The fraction of sp³-hybridized carbons (Fsp3) is 0.767. The molecule has 0 N–H and O–H groups in total. The number of carbonyl (C=O) groups excluding carboxylic acids is 1. The molecule has 0 bridgehead atoms. The first-order chi connectivity index (χ1) is 17.5. The number of ether oxygens (including phenoxy) is 1. The van der Waals surface area contributed by atoms with Crippen LogP contribution >= 0.6 is 11.8 Å². The molecule has 204 valence electrons. The number of unbranched alkanes of at least 4 members (excludes halogenated alkanes) is 7. The van der Waals surface area contributed by atoms with E-state index in [2.05, 4.69) is 6.92 Å². The highest BCUT2D eigenvalue weighted by molar-refractivity contribution is 7.99. The molecule has 2 aliphatic rings. The van der Waals surface area contributed by atoms with Gasteiger partial charge in [-0.3, -0.25) is 4.79 Å². The van der Waals surface area contributed by atoms with Gasteiger partial charge in [-0.25, -0.2) is 4.39 Å². The predicted molar refractivity (Wildman–Crippen MR) is 142 cm³/mol. The number of benzene rings is 1. The molecule has 3 rings (SSSR count). The monoisotopic (exact) mass is 526 g/mol. The number of halogens is 3. The zero-order valence-electron chi connectivity index (χ0n) is 22.0. The van der Waals surface area contributed by atoms with Crippen molar-refractivity contribution >= 4 is 17.7 Å². The maximum atomic E-state index is 14.0. The molecule has 0 aliphatic heterocycles. The normalized spacial score (nSPS) is 24.7. The topological polar surface area (TPSA) is 26.3 Å². The van der Waals surface area contributed by atoms with Crippen molar-refractivity contribution in [2.24, 2.45) is 23.7 Å². The fourth-order valence-corrected chi connectivity index (χ4v) is 6.79. The first-order valence-electron chi connectivity index (χ1n) is 14.4. The Hall–Kier alpha value is -1.17. The van der Waals surface area contributed by atoms with Crippen LogP contribution in [0.25, 0.3) is 0 Å². The van der Waals surface area contributed by atoms with Crippen LogP contribution in [-0.2, 0) is 4.79 Å². The molecule has 6 heteroatoms. The SMILES string of the molecule is CCCCCCCCCCC1CCC(C2CCC(C(=O)Oc3ccc(SC(F)F)c(F)c3)CC2)CC1. The maximum absolute atomic E-state index is 14.0. The number of hydrogen-bond acceptors (Lipinski definition) is 3. The molecule has 0 amide bonds. The molecule has 36 heavy (non-hydrogen) atoms. The Labute approximate surface area is 220 Å². The summed E-state index contributed by atoms with van der Waals surface area (Å²) in [4.78, 5) is 12.5. The molecule has 1 aromatic rings. The van der Waals surface area contributed by atoms with Gasteiger partial charge in [-0.15, -0.1) is 0 Å². The van der Waals surface area contributed by atoms with Gasteiger partial charge in [-0.2, -0.15) is 8.78 Å². The van der Waals surface area contributed by atoms with Crippen molar-refractivity contribution in [3.05, 3.63) is 24.0 Å². The minimum Gasteiger partial charge on any atom is -0.426 e. The smallest absolute Gasteiger partial charge is 0.314 e. The second kappa shape index (κ2) is 15.9. The minimum absolute atomic E-state index is 0.0908. The molecular formula is C30H45F3O2S. The molecule has 0 radical (unpaired) electrons. The lowest BCUT2D eigenvalue weighted by Crippen LogP contribution is -2.30. The molecule has 0 aromatic heterocycles. The van der Waals surface area contributed by atoms with E-state index in [0.29, 0.717) is 5.92 Å². The van der Waals surface area contributed by atoms with Crippen molar-refractivity contribution in [3.8, 4) is 5.75 Å². The van der Waals surface area contributed by atoms with Crippen LogP contribution in [0.5, 0.6) is 5.75 Å². The summed E-state index contributed by atoms with van der Waals surface area (Å²) < 4.78 is 44.3. The molecule has 2 saturated carbocycles. The van der Waals surface area contributed by atoms with Crippen molar-refractivity contribution in [2.45, 2.75) is 127 Å². The second-order valence-corrected chi connectivity index (χ2v) is 12.1. The number of rotatable bonds is 14. The van der Waals surface area contributed by atoms with E-state index in [9.17, 15) is 18.0 Å². The Bertz CT molecular complexity index is 771. The Balaban J connectivity index is 1.29. The highest BCUT2D eigenvalue weighted by atomic mass is 32.2. The summed E-state index contributed by atoms with van der Waals surface area (Å²) in [7, 11) is 0. The Morgan fingerprint density at radius 2 is 1.47 bits per heavy atom. The van der Waals surface area contributed by atoms with Crippen molar-refractivity contribution < 1.29 is 22.7 Å². The standard InChI is InChI=1S/C30H45F3O2S/c1-2-3-4-5-6-7-8-9-10-22-11-13-23(14-12-22)24-15-17-25(18-16-24)29(34)35-26-19-20-28(27(31)21-26)36-30(32)33/h19-25,30H,2-18H2,1H3. The molecule has 2 nitrogen and oxygen atoms in total. The number of hydrogen-bond donors (Lipinski definition) is 0. The van der Waals surface area contributed by atoms with Gasteiger partial charge < -0.3 is 4.74 Å². The van der Waals surface area contributed by atoms with Gasteiger partial charge in [0.1, 0.15) is 11.6 Å². The second-order valence-electron chi connectivity index (χ2n) is 11.0. The molecule has 2 aliphatic carbocycles. The van der Waals surface area contributed by atoms with Gasteiger partial charge in [-0.1, -0.05) is 89.3 Å². The summed E-state index contributed by atoms with van der Waals surface area (Å²) in [6.45, 7) is 2.27. The van der Waals surface area contributed by atoms with Gasteiger partial charge in [0, 0.05) is 11.0 Å². The first kappa shape index (κ1) is 29.4. The lowest BCUT2D eigenvalue weighted by atomic mass is 9.68. The lowest BCUT2D eigenvalue weighted by molar-refractivity contribution is -0.140. The molecule has 2 fully saturated rings. The van der Waals surface area contributed by atoms with E-state index < -0.39 is 11.6 Å². The highest BCUT2D eigenvalue weighted by Gasteiger charge is 2.33. The van der Waals surface area contributed by atoms with Crippen molar-refractivity contribution in [1.29, 1.82) is 0 Å². The molecule has 0 atom stereocenters. The summed E-state index contributed by atoms with van der Waals surface area (Å²) in [6, 6.07) is 3.67. The summed E-state index contributed by atoms with van der Waals surface area (Å²) in [6.07, 6.45) is 21.7. The van der Waals surface area contributed by atoms with Gasteiger partial charge in [0.05, 0.1) is 5.92 Å². The Morgan fingerprint density at radius 1 is 0.889 bits per heavy atom. The third kappa shape index (κ3) is 9.95. The molecule has 0 saturated heterocycles. The molecular weight excluding hydrogens is 481 g/mol. The first-order valence-corrected chi connectivity index (χ1v) is 15.3. The summed E-state index contributed by atoms with van der Waals surface area (Å²) in [5, 5.41) is 0. The van der Waals surface area contributed by atoms with Crippen LogP contribution in [0.2, 0.25) is 0 Å². The lowest BCUT2D eigenvalue weighted by Gasteiger charge is -2.37. The highest BCUT2D eigenvalue weighted by Crippen LogP contribution is 2.42. The Morgan fingerprint density at radius 3 is 2.06 bits per heavy atom. The third-order valence-corrected chi connectivity index (χ3v) is 9.23. The van der Waals surface area contributed by atoms with Crippen molar-refractivity contribution in [2.75, 3.05) is 0 Å². The largest absolute Gasteiger partial charge is 0.426 e. The average Bonchev–Trinajstić information content (AvgIpc) is 2.87. The van der Waals surface area contributed by atoms with E-state index in [1.807, 2.05) is 0 Å². The maximum Gasteiger partial charge on any atom is 0.314 e. The van der Waals surface area contributed by atoms with Crippen LogP contribution in [-0.4, -0.2) is 11.7 Å². The van der Waals surface area contributed by atoms with E-state index >= 15 is 0 Å². The predicted octanol–water partition coefficient (Wildman–Crippen LogP) is 10.2. The van der Waals surface area contributed by atoms with Gasteiger partial charge in [0.25, 0.3) is 5.76 Å². The van der Waals surface area contributed by atoms with Crippen LogP contribution in [0.15, 0.2) is 23.1 Å². The van der Waals surface area contributed by atoms with Crippen molar-refractivity contribution in [1.82, 2.24) is 0 Å². The van der Waals surface area contributed by atoms with Gasteiger partial charge in [-0.05, 0) is 68.4 Å². The fourth-order valence-electron chi connectivity index (χ4n) is 6.28. The summed E-state index contributed by atoms with van der Waals surface area (Å²) in [5.41, 5.74) is 0. The van der Waals surface area contributed by atoms with E-state index in [0.717, 1.165) is 43.6 Å². The zero-order valence-corrected chi connectivity index (χ0v) is 22.8. The molecule has 0 unspecified atom stereocenters. The Kier molecular flexibility index (Phi) is 13.0. The molecule has 0 heterocycles. The van der Waals surface area contributed by atoms with Crippen LogP contribution < -0.4 is 4.74 Å². The van der Waals surface area contributed by atoms with Crippen molar-refractivity contribution in [3.63, 3.8) is 0 Å². The zero-order chi connectivity index (χ0) is 25.8. The number of esters is 1. The van der Waals surface area contributed by atoms with Gasteiger partial charge >= 0.3 is 5.97 Å². The van der Waals surface area contributed by atoms with Crippen LogP contribution in [0, 0.1) is 29.5 Å². The van der Waals surface area contributed by atoms with Crippen LogP contribution in [0.3, 0.4) is 0 Å². The van der Waals surface area contributed by atoms with Crippen LogP contribution in [0.1, 0.15) is 116 Å². The van der Waals surface area contributed by atoms with Gasteiger partial charge in [0.2, 0.25) is 0 Å². The average molecular weight is 527 g/mol. The minimum atomic E-state index is -2.69. The third-order valence-electron chi connectivity index (χ3n) is 8.47. The summed E-state index contributed by atoms with van der Waals surface area (Å²) >= 11 is 0.154. The number of carbonyl (C=O) groups is 1. The van der Waals surface area contributed by atoms with Crippen LogP contribution in [0.4, 0.5) is 13.2 Å². The number of alkyl halides is 2. The number of thioether (sulfide) groups is 1. The van der Waals surface area contributed by atoms with E-state index in [-0.39, 0.29) is 34.3 Å². The van der Waals surface area contributed by atoms with Gasteiger partial charge in [0.15, 0.2) is 0 Å². The summed E-state index contributed by atoms with van der Waals surface area (Å²) in [5.74, 6) is -1.44.